The van der Waals surface area contributed by atoms with Crippen molar-refractivity contribution in [2.45, 2.75) is 39.3 Å². The summed E-state index contributed by atoms with van der Waals surface area (Å²) in [6.07, 6.45) is 2.54. The van der Waals surface area contributed by atoms with Crippen LogP contribution in [0.25, 0.3) is 0 Å². The topological polar surface area (TPSA) is 40.5 Å². The molecule has 2 rings (SSSR count). The monoisotopic (exact) mass is 325 g/mol. The van der Waals surface area contributed by atoms with E-state index in [1.54, 1.807) is 12.1 Å². The number of carboxylic acids is 1. The van der Waals surface area contributed by atoms with Crippen molar-refractivity contribution < 1.29 is 9.90 Å². The molecule has 1 fully saturated rings. The Bertz CT molecular complexity index is 475. The molecule has 0 bridgehead atoms. The molecule has 19 heavy (non-hydrogen) atoms. The predicted octanol–water partition coefficient (Wildman–Crippen LogP) is 3.77. The molecule has 1 aromatic carbocycles. The van der Waals surface area contributed by atoms with Crippen molar-refractivity contribution in [1.82, 2.24) is 4.90 Å². The van der Waals surface area contributed by atoms with E-state index >= 15 is 0 Å². The normalized spacial score (nSPS) is 24.4. The van der Waals surface area contributed by atoms with Crippen LogP contribution >= 0.6 is 15.9 Å². The van der Waals surface area contributed by atoms with Gasteiger partial charge < -0.3 is 5.11 Å². The standard InChI is InChI=1S/C15H20BrNO2/c1-10-3-4-11(2)17(8-10)9-13-6-5-12(15(18)19)7-14(13)16/h5-7,10-11H,3-4,8-9H2,1-2H3,(H,18,19). The fraction of sp³-hybridized carbons (Fsp3) is 0.533. The minimum absolute atomic E-state index is 0.329. The van der Waals surface area contributed by atoms with Gasteiger partial charge in [-0.15, -0.1) is 0 Å². The molecule has 0 spiro atoms. The van der Waals surface area contributed by atoms with Crippen molar-refractivity contribution >= 4 is 21.9 Å². The molecule has 1 heterocycles. The summed E-state index contributed by atoms with van der Waals surface area (Å²) in [5.41, 5.74) is 1.49. The zero-order valence-electron chi connectivity index (χ0n) is 11.4. The van der Waals surface area contributed by atoms with Gasteiger partial charge in [0.2, 0.25) is 0 Å². The van der Waals surface area contributed by atoms with Crippen LogP contribution in [0.2, 0.25) is 0 Å². The van der Waals surface area contributed by atoms with Crippen LogP contribution in [-0.4, -0.2) is 28.6 Å². The molecular formula is C15H20BrNO2. The van der Waals surface area contributed by atoms with Gasteiger partial charge in [0.15, 0.2) is 0 Å². The lowest BCUT2D eigenvalue weighted by molar-refractivity contribution is 0.0696. The van der Waals surface area contributed by atoms with Crippen LogP contribution in [0.4, 0.5) is 0 Å². The molecule has 1 aliphatic rings. The first-order chi connectivity index (χ1) is 8.97. The summed E-state index contributed by atoms with van der Waals surface area (Å²) in [5.74, 6) is -0.138. The predicted molar refractivity (Wildman–Crippen MR) is 79.4 cm³/mol. The van der Waals surface area contributed by atoms with Crippen LogP contribution in [0, 0.1) is 5.92 Å². The van der Waals surface area contributed by atoms with Crippen LogP contribution in [0.5, 0.6) is 0 Å². The van der Waals surface area contributed by atoms with Crippen molar-refractivity contribution in [3.63, 3.8) is 0 Å². The smallest absolute Gasteiger partial charge is 0.335 e. The molecule has 1 N–H and O–H groups in total. The molecule has 0 aliphatic carbocycles. The Morgan fingerprint density at radius 3 is 2.79 bits per heavy atom. The van der Waals surface area contributed by atoms with E-state index in [0.717, 1.165) is 29.0 Å². The molecule has 0 saturated carbocycles. The molecule has 104 valence electrons. The first-order valence-electron chi connectivity index (χ1n) is 6.73. The first kappa shape index (κ1) is 14.5. The van der Waals surface area contributed by atoms with E-state index in [1.807, 2.05) is 6.07 Å². The number of rotatable bonds is 3. The number of halogens is 1. The lowest BCUT2D eigenvalue weighted by atomic mass is 9.94. The molecule has 1 aromatic rings. The van der Waals surface area contributed by atoms with Gasteiger partial charge in [0, 0.05) is 23.6 Å². The van der Waals surface area contributed by atoms with E-state index in [9.17, 15) is 4.79 Å². The molecular weight excluding hydrogens is 306 g/mol. The number of hydrogen-bond donors (Lipinski definition) is 1. The second-order valence-corrected chi connectivity index (χ2v) is 6.43. The summed E-state index contributed by atoms with van der Waals surface area (Å²) in [4.78, 5) is 13.4. The van der Waals surface area contributed by atoms with Gasteiger partial charge in [-0.3, -0.25) is 4.90 Å². The third kappa shape index (κ3) is 3.57. The third-order valence-electron chi connectivity index (χ3n) is 3.92. The van der Waals surface area contributed by atoms with Gasteiger partial charge in [-0.25, -0.2) is 4.79 Å². The first-order valence-corrected chi connectivity index (χ1v) is 7.52. The maximum Gasteiger partial charge on any atom is 0.335 e. The number of aromatic carboxylic acids is 1. The maximum absolute atomic E-state index is 10.9. The highest BCUT2D eigenvalue weighted by molar-refractivity contribution is 9.10. The molecule has 1 aliphatic heterocycles. The van der Waals surface area contributed by atoms with Gasteiger partial charge in [0.05, 0.1) is 5.56 Å². The number of piperidine rings is 1. The molecule has 2 atom stereocenters. The molecule has 0 amide bonds. The van der Waals surface area contributed by atoms with Crippen LogP contribution in [-0.2, 0) is 6.54 Å². The van der Waals surface area contributed by atoms with Gasteiger partial charge in [0.1, 0.15) is 0 Å². The van der Waals surface area contributed by atoms with Crippen molar-refractivity contribution in [2.75, 3.05) is 6.54 Å². The lowest BCUT2D eigenvalue weighted by Gasteiger charge is -2.37. The molecule has 0 radical (unpaired) electrons. The van der Waals surface area contributed by atoms with Crippen molar-refractivity contribution in [1.29, 1.82) is 0 Å². The fourth-order valence-corrected chi connectivity index (χ4v) is 3.13. The fourth-order valence-electron chi connectivity index (χ4n) is 2.63. The Morgan fingerprint density at radius 1 is 1.42 bits per heavy atom. The maximum atomic E-state index is 10.9. The van der Waals surface area contributed by atoms with Gasteiger partial charge in [-0.2, -0.15) is 0 Å². The molecule has 1 saturated heterocycles. The van der Waals surface area contributed by atoms with Crippen LogP contribution in [0.3, 0.4) is 0 Å². The number of benzene rings is 1. The largest absolute Gasteiger partial charge is 0.478 e. The van der Waals surface area contributed by atoms with Crippen LogP contribution in [0.15, 0.2) is 22.7 Å². The van der Waals surface area contributed by atoms with Gasteiger partial charge in [-0.05, 0) is 43.4 Å². The minimum atomic E-state index is -0.882. The SMILES string of the molecule is CC1CCC(C)N(Cc2ccc(C(=O)O)cc2Br)C1. The molecule has 4 heteroatoms. The van der Waals surface area contributed by atoms with Crippen molar-refractivity contribution in [2.24, 2.45) is 5.92 Å². The number of nitrogens with zero attached hydrogens (tertiary/aromatic N) is 1. The van der Waals surface area contributed by atoms with Crippen molar-refractivity contribution in [3.8, 4) is 0 Å². The van der Waals surface area contributed by atoms with Crippen LogP contribution < -0.4 is 0 Å². The minimum Gasteiger partial charge on any atom is -0.478 e. The highest BCUT2D eigenvalue weighted by atomic mass is 79.9. The quantitative estimate of drug-likeness (QED) is 0.919. The Labute approximate surface area is 122 Å². The van der Waals surface area contributed by atoms with Crippen LogP contribution in [0.1, 0.15) is 42.6 Å². The third-order valence-corrected chi connectivity index (χ3v) is 4.66. The second kappa shape index (κ2) is 6.06. The summed E-state index contributed by atoms with van der Waals surface area (Å²) in [6, 6.07) is 5.89. The summed E-state index contributed by atoms with van der Waals surface area (Å²) in [6.45, 7) is 6.56. The number of hydrogen-bond acceptors (Lipinski definition) is 2. The van der Waals surface area contributed by atoms with E-state index in [2.05, 4.69) is 34.7 Å². The number of carboxylic acid groups (broad SMARTS) is 1. The highest BCUT2D eigenvalue weighted by Crippen LogP contribution is 2.26. The van der Waals surface area contributed by atoms with E-state index in [1.165, 1.54) is 12.8 Å². The van der Waals surface area contributed by atoms with E-state index in [4.69, 9.17) is 5.11 Å². The number of likely N-dealkylation sites (tertiary alicyclic amines) is 1. The summed E-state index contributed by atoms with van der Waals surface area (Å²) < 4.78 is 0.887. The Kier molecular flexibility index (Phi) is 4.63. The summed E-state index contributed by atoms with van der Waals surface area (Å²) in [5, 5.41) is 8.97. The van der Waals surface area contributed by atoms with E-state index in [0.29, 0.717) is 11.6 Å². The second-order valence-electron chi connectivity index (χ2n) is 5.57. The number of carbonyl (C=O) groups is 1. The average Bonchev–Trinajstić information content (AvgIpc) is 2.36. The van der Waals surface area contributed by atoms with Gasteiger partial charge in [-0.1, -0.05) is 28.9 Å². The Morgan fingerprint density at radius 2 is 2.16 bits per heavy atom. The van der Waals surface area contributed by atoms with Crippen molar-refractivity contribution in [3.05, 3.63) is 33.8 Å². The van der Waals surface area contributed by atoms with Gasteiger partial charge in [0.25, 0.3) is 0 Å². The lowest BCUT2D eigenvalue weighted by Crippen LogP contribution is -2.40. The van der Waals surface area contributed by atoms with E-state index in [-0.39, 0.29) is 0 Å². The molecule has 3 nitrogen and oxygen atoms in total. The zero-order chi connectivity index (χ0) is 14.0. The zero-order valence-corrected chi connectivity index (χ0v) is 13.0. The molecule has 0 aromatic heterocycles. The highest BCUT2D eigenvalue weighted by Gasteiger charge is 2.23. The van der Waals surface area contributed by atoms with Gasteiger partial charge >= 0.3 is 5.97 Å². The van der Waals surface area contributed by atoms with E-state index < -0.39 is 5.97 Å². The Hall–Kier alpha value is -0.870. The Balaban J connectivity index is 2.12. The summed E-state index contributed by atoms with van der Waals surface area (Å²) in [7, 11) is 0. The average molecular weight is 326 g/mol. The molecule has 2 unspecified atom stereocenters. The summed E-state index contributed by atoms with van der Waals surface area (Å²) >= 11 is 3.49.